The number of hydrogen-bond donors (Lipinski definition) is 1. The predicted octanol–water partition coefficient (Wildman–Crippen LogP) is 2.71. The van der Waals surface area contributed by atoms with Gasteiger partial charge in [0.15, 0.2) is 0 Å². The van der Waals surface area contributed by atoms with Crippen molar-refractivity contribution in [2.75, 3.05) is 12.4 Å². The van der Waals surface area contributed by atoms with E-state index in [1.807, 2.05) is 6.92 Å². The highest BCUT2D eigenvalue weighted by Gasteiger charge is 2.28. The first-order chi connectivity index (χ1) is 10.4. The van der Waals surface area contributed by atoms with E-state index in [2.05, 4.69) is 13.8 Å². The van der Waals surface area contributed by atoms with Crippen LogP contribution in [0.2, 0.25) is 0 Å². The predicted molar refractivity (Wildman–Crippen MR) is 83.9 cm³/mol. The largest absolute Gasteiger partial charge is 0.744 e. The molecule has 0 atom stereocenters. The summed E-state index contributed by atoms with van der Waals surface area (Å²) in [6.45, 7) is 6.72. The highest BCUT2D eigenvalue weighted by molar-refractivity contribution is 7.99. The topological polar surface area (TPSA) is 73.8 Å². The van der Waals surface area contributed by atoms with E-state index >= 15 is 0 Å². The quantitative estimate of drug-likeness (QED) is 0.473. The van der Waals surface area contributed by atoms with Crippen LogP contribution in [-0.4, -0.2) is 30.9 Å². The van der Waals surface area contributed by atoms with E-state index in [0.29, 0.717) is 5.92 Å². The molecule has 0 bridgehead atoms. The molecule has 134 valence electrons. The van der Waals surface area contributed by atoms with Crippen LogP contribution >= 0.6 is 11.8 Å². The van der Waals surface area contributed by atoms with Crippen LogP contribution in [0, 0.1) is 12.8 Å². The number of halogens is 3. The summed E-state index contributed by atoms with van der Waals surface area (Å²) in [5.41, 5.74) is -3.15. The molecule has 0 aliphatic heterocycles. The minimum Gasteiger partial charge on any atom is -0.744 e. The Kier molecular flexibility index (Phi) is 9.83. The summed E-state index contributed by atoms with van der Waals surface area (Å²) in [7, 11) is -4.27. The maximum absolute atomic E-state index is 11.6. The number of nitrogens with two attached hydrogens (primary N) is 1. The van der Waals surface area contributed by atoms with E-state index in [-0.39, 0.29) is 22.5 Å². The van der Waals surface area contributed by atoms with Gasteiger partial charge in [-0.1, -0.05) is 31.5 Å². The molecule has 0 aliphatic carbocycles. The van der Waals surface area contributed by atoms with Crippen LogP contribution < -0.4 is 5.32 Å². The number of aryl methyl sites for hydroxylation is 1. The first-order valence-electron chi connectivity index (χ1n) is 6.96. The lowest BCUT2D eigenvalue weighted by Crippen LogP contribution is -2.83. The van der Waals surface area contributed by atoms with E-state index in [1.54, 1.807) is 17.4 Å². The Balaban J connectivity index is 0.000000422. The number of quaternary nitrogens is 1. The molecule has 0 aromatic heterocycles. The summed E-state index contributed by atoms with van der Waals surface area (Å²) in [6, 6.07) is 5.78. The highest BCUT2D eigenvalue weighted by Crippen LogP contribution is 2.27. The van der Waals surface area contributed by atoms with Gasteiger partial charge in [0.2, 0.25) is 0 Å². The zero-order chi connectivity index (χ0) is 18.1. The van der Waals surface area contributed by atoms with Crippen LogP contribution in [0.4, 0.5) is 13.2 Å². The molecule has 1 rings (SSSR count). The molecule has 1 aromatic carbocycles. The lowest BCUT2D eigenvalue weighted by Gasteiger charge is -2.05. The van der Waals surface area contributed by atoms with Gasteiger partial charge in [-0.2, -0.15) is 13.2 Å². The number of rotatable bonds is 6. The fourth-order valence-corrected chi connectivity index (χ4v) is 2.34. The Morgan fingerprint density at radius 1 is 1.22 bits per heavy atom. The Bertz CT molecular complexity index is 543. The van der Waals surface area contributed by atoms with Gasteiger partial charge < -0.3 is 9.87 Å². The summed E-state index contributed by atoms with van der Waals surface area (Å²) in [5, 5.41) is 1.69. The van der Waals surface area contributed by atoms with Crippen molar-refractivity contribution < 1.29 is 31.5 Å². The molecular weight excluding hydrogens is 351 g/mol. The molecule has 0 heterocycles. The Labute approximate surface area is 139 Å². The van der Waals surface area contributed by atoms with Crippen molar-refractivity contribution in [1.82, 2.24) is 0 Å². The van der Waals surface area contributed by atoms with Crippen LogP contribution in [0.1, 0.15) is 25.8 Å². The van der Waals surface area contributed by atoms with Crippen molar-refractivity contribution in [2.24, 2.45) is 5.92 Å². The molecule has 0 fully saturated rings. The molecular formula is C14H22F3NO3S2. The van der Waals surface area contributed by atoms with Crippen molar-refractivity contribution in [3.05, 3.63) is 29.8 Å². The first-order valence-corrected chi connectivity index (χ1v) is 9.36. The summed E-state index contributed by atoms with van der Waals surface area (Å²) < 4.78 is 65.9. The van der Waals surface area contributed by atoms with Crippen LogP contribution in [-0.2, 0) is 10.1 Å². The van der Waals surface area contributed by atoms with E-state index in [0.717, 1.165) is 18.5 Å². The summed E-state index contributed by atoms with van der Waals surface area (Å²) in [4.78, 5) is -0.178. The van der Waals surface area contributed by atoms with Crippen molar-refractivity contribution in [3.63, 3.8) is 0 Å². The second-order valence-electron chi connectivity index (χ2n) is 5.28. The van der Waals surface area contributed by atoms with Crippen LogP contribution in [0.5, 0.6) is 0 Å². The Hall–Kier alpha value is -0.770. The van der Waals surface area contributed by atoms with Gasteiger partial charge in [0.05, 0.1) is 11.4 Å². The normalized spacial score (nSPS) is 12.0. The van der Waals surface area contributed by atoms with Crippen molar-refractivity contribution >= 4 is 21.9 Å². The summed E-state index contributed by atoms with van der Waals surface area (Å²) >= 11 is 0.0297. The third kappa shape index (κ3) is 13.4. The van der Waals surface area contributed by atoms with Crippen molar-refractivity contribution in [1.29, 1.82) is 0 Å². The minimum absolute atomic E-state index is 0.0297. The van der Waals surface area contributed by atoms with Gasteiger partial charge in [-0.3, -0.25) is 0 Å². The van der Waals surface area contributed by atoms with Gasteiger partial charge in [-0.15, -0.1) is 0 Å². The van der Waals surface area contributed by atoms with Gasteiger partial charge in [0.1, 0.15) is 16.0 Å². The standard InChI is InChI=1S/C7H14F3NS.C7H8O3S/c1-6(2)3-4-11-5-12-7(8,9)10;1-6-2-4-7(5-3-6)11(8,9)10/h6,11H,3-5H2,1-2H3;2-5H,1H3,(H,8,9,10). The molecule has 23 heavy (non-hydrogen) atoms. The third-order valence-electron chi connectivity index (χ3n) is 2.62. The highest BCUT2D eigenvalue weighted by atomic mass is 32.2. The SMILES string of the molecule is CC(C)CC[NH2+]CSC(F)(F)F.Cc1ccc(S(=O)(=O)[O-])cc1. The molecule has 0 saturated heterocycles. The summed E-state index contributed by atoms with van der Waals surface area (Å²) in [6.07, 6.45) is 0.971. The fraction of sp³-hybridized carbons (Fsp3) is 0.571. The number of alkyl halides is 3. The maximum Gasteiger partial charge on any atom is 0.446 e. The average Bonchev–Trinajstić information content (AvgIpc) is 2.36. The van der Waals surface area contributed by atoms with E-state index in [9.17, 15) is 26.1 Å². The van der Waals surface area contributed by atoms with Crippen LogP contribution in [0.3, 0.4) is 0 Å². The molecule has 0 unspecified atom stereocenters. The first kappa shape index (κ1) is 22.2. The molecule has 0 spiro atoms. The molecule has 1 aromatic rings. The smallest absolute Gasteiger partial charge is 0.446 e. The second kappa shape index (κ2) is 10.2. The van der Waals surface area contributed by atoms with Gasteiger partial charge in [-0.05, 0) is 31.4 Å². The maximum atomic E-state index is 11.6. The van der Waals surface area contributed by atoms with Crippen molar-refractivity contribution in [3.8, 4) is 0 Å². The molecule has 0 radical (unpaired) electrons. The number of thioether (sulfide) groups is 1. The zero-order valence-electron chi connectivity index (χ0n) is 13.3. The van der Waals surface area contributed by atoms with E-state index in [4.69, 9.17) is 0 Å². The average molecular weight is 373 g/mol. The van der Waals surface area contributed by atoms with Gasteiger partial charge >= 0.3 is 5.51 Å². The molecule has 0 amide bonds. The minimum atomic E-state index is -4.27. The van der Waals surface area contributed by atoms with Crippen molar-refractivity contribution in [2.45, 2.75) is 37.6 Å². The Morgan fingerprint density at radius 3 is 2.13 bits per heavy atom. The molecule has 4 nitrogen and oxygen atoms in total. The lowest BCUT2D eigenvalue weighted by atomic mass is 10.1. The number of hydrogen-bond acceptors (Lipinski definition) is 4. The van der Waals surface area contributed by atoms with Crippen LogP contribution in [0.15, 0.2) is 29.2 Å². The van der Waals surface area contributed by atoms with Gasteiger partial charge in [-0.25, -0.2) is 8.42 Å². The Morgan fingerprint density at radius 2 is 1.74 bits per heavy atom. The number of benzene rings is 1. The van der Waals surface area contributed by atoms with E-state index in [1.165, 1.54) is 12.1 Å². The fourth-order valence-electron chi connectivity index (χ4n) is 1.39. The van der Waals surface area contributed by atoms with Crippen LogP contribution in [0.25, 0.3) is 0 Å². The molecule has 9 heteroatoms. The zero-order valence-corrected chi connectivity index (χ0v) is 14.9. The molecule has 0 aliphatic rings. The lowest BCUT2D eigenvalue weighted by molar-refractivity contribution is -0.637. The monoisotopic (exact) mass is 373 g/mol. The van der Waals surface area contributed by atoms with Gasteiger partial charge in [0, 0.05) is 11.8 Å². The second-order valence-corrected chi connectivity index (χ2v) is 7.75. The van der Waals surface area contributed by atoms with E-state index < -0.39 is 15.6 Å². The molecule has 0 saturated carbocycles. The van der Waals surface area contributed by atoms with Gasteiger partial charge in [0.25, 0.3) is 0 Å². The third-order valence-corrected chi connectivity index (χ3v) is 4.20. The molecule has 2 N–H and O–H groups in total. The summed E-state index contributed by atoms with van der Waals surface area (Å²) in [5.74, 6) is 0.646.